The summed E-state index contributed by atoms with van der Waals surface area (Å²) in [4.78, 5) is 10.2. The average molecular weight is 340 g/mol. The molecule has 8 heteroatoms. The number of hydrogen-bond donors (Lipinski definition) is 2. The average Bonchev–Trinajstić information content (AvgIpc) is 2.22. The lowest BCUT2D eigenvalue weighted by Gasteiger charge is -2.09. The zero-order valence-electron chi connectivity index (χ0n) is 9.41. The molecule has 1 rings (SSSR count). The lowest BCUT2D eigenvalue weighted by atomic mass is 10.2. The molecule has 1 aromatic rings. The summed E-state index contributed by atoms with van der Waals surface area (Å²) in [6.07, 6.45) is -0.319. The molecular weight excluding hydrogens is 329 g/mol. The fourth-order valence-electron chi connectivity index (χ4n) is 1.29. The molecule has 0 saturated carbocycles. The number of hydrogen-bond acceptors (Lipinski definition) is 3. The molecule has 1 aromatic carbocycles. The van der Waals surface area contributed by atoms with Crippen LogP contribution in [0.3, 0.4) is 0 Å². The lowest BCUT2D eigenvalue weighted by molar-refractivity contribution is -0.136. The van der Waals surface area contributed by atoms with Crippen LogP contribution in [0.4, 0.5) is 4.39 Å². The molecule has 0 atom stereocenters. The maximum absolute atomic E-state index is 13.2. The molecule has 0 saturated heterocycles. The second-order valence-corrected chi connectivity index (χ2v) is 6.16. The Morgan fingerprint density at radius 3 is 2.67 bits per heavy atom. The Morgan fingerprint density at radius 2 is 2.11 bits per heavy atom. The zero-order valence-corrected chi connectivity index (χ0v) is 11.8. The molecule has 0 aliphatic heterocycles. The first kappa shape index (κ1) is 15.1. The number of nitrogens with one attached hydrogen (secondary N) is 1. The van der Waals surface area contributed by atoms with Gasteiger partial charge in [0.25, 0.3) is 0 Å². The molecule has 0 spiro atoms. The van der Waals surface area contributed by atoms with Gasteiger partial charge < -0.3 is 5.11 Å². The summed E-state index contributed by atoms with van der Waals surface area (Å²) in [5.41, 5.74) is 0.249. The maximum atomic E-state index is 13.2. The predicted molar refractivity (Wildman–Crippen MR) is 66.3 cm³/mol. The van der Waals surface area contributed by atoms with Gasteiger partial charge in [-0.15, -0.1) is 0 Å². The van der Waals surface area contributed by atoms with E-state index in [2.05, 4.69) is 20.7 Å². The van der Waals surface area contributed by atoms with Crippen molar-refractivity contribution in [2.45, 2.75) is 18.2 Å². The first-order valence-corrected chi connectivity index (χ1v) is 7.19. The fourth-order valence-corrected chi connectivity index (χ4v) is 3.06. The molecule has 100 valence electrons. The third-order valence-electron chi connectivity index (χ3n) is 2.14. The van der Waals surface area contributed by atoms with Crippen molar-refractivity contribution in [3.05, 3.63) is 28.0 Å². The highest BCUT2D eigenvalue weighted by atomic mass is 79.9. The van der Waals surface area contributed by atoms with Gasteiger partial charge >= 0.3 is 5.97 Å². The Morgan fingerprint density at radius 1 is 1.50 bits per heavy atom. The normalized spacial score (nSPS) is 11.5. The van der Waals surface area contributed by atoms with Crippen LogP contribution in [0.5, 0.6) is 0 Å². The van der Waals surface area contributed by atoms with Gasteiger partial charge in [-0.2, -0.15) is 0 Å². The Hall–Kier alpha value is -0.990. The van der Waals surface area contributed by atoms with Crippen molar-refractivity contribution < 1.29 is 22.7 Å². The molecule has 0 fully saturated rings. The van der Waals surface area contributed by atoms with Crippen LogP contribution in [-0.4, -0.2) is 26.0 Å². The molecule has 0 aliphatic rings. The monoisotopic (exact) mass is 339 g/mol. The summed E-state index contributed by atoms with van der Waals surface area (Å²) >= 11 is 2.90. The number of rotatable bonds is 5. The molecule has 0 amide bonds. The van der Waals surface area contributed by atoms with E-state index in [-0.39, 0.29) is 27.9 Å². The summed E-state index contributed by atoms with van der Waals surface area (Å²) in [6, 6.07) is 2.24. The van der Waals surface area contributed by atoms with E-state index in [9.17, 15) is 17.6 Å². The lowest BCUT2D eigenvalue weighted by Crippen LogP contribution is -2.27. The number of aryl methyl sites for hydroxylation is 1. The van der Waals surface area contributed by atoms with E-state index < -0.39 is 21.8 Å². The van der Waals surface area contributed by atoms with Gasteiger partial charge in [0.05, 0.1) is 15.8 Å². The fraction of sp³-hybridized carbons (Fsp3) is 0.300. The van der Waals surface area contributed by atoms with Crippen molar-refractivity contribution in [1.82, 2.24) is 4.72 Å². The number of carbonyl (C=O) groups is 1. The number of benzene rings is 1. The Labute approximate surface area is 112 Å². The summed E-state index contributed by atoms with van der Waals surface area (Å²) in [5, 5.41) is 8.42. The van der Waals surface area contributed by atoms with E-state index in [0.717, 1.165) is 12.1 Å². The van der Waals surface area contributed by atoms with Gasteiger partial charge in [0.15, 0.2) is 0 Å². The van der Waals surface area contributed by atoms with Gasteiger partial charge in [-0.25, -0.2) is 17.5 Å². The van der Waals surface area contributed by atoms with Gasteiger partial charge in [0.2, 0.25) is 10.0 Å². The van der Waals surface area contributed by atoms with Crippen LogP contribution >= 0.6 is 15.9 Å². The summed E-state index contributed by atoms with van der Waals surface area (Å²) in [6.45, 7) is 1.24. The maximum Gasteiger partial charge on any atom is 0.304 e. The van der Waals surface area contributed by atoms with Gasteiger partial charge in [-0.1, -0.05) is 0 Å². The van der Waals surface area contributed by atoms with E-state index in [4.69, 9.17) is 5.11 Å². The quantitative estimate of drug-likeness (QED) is 0.854. The highest BCUT2D eigenvalue weighted by molar-refractivity contribution is 9.10. The van der Waals surface area contributed by atoms with Gasteiger partial charge in [0.1, 0.15) is 5.82 Å². The van der Waals surface area contributed by atoms with E-state index >= 15 is 0 Å². The minimum Gasteiger partial charge on any atom is -0.481 e. The van der Waals surface area contributed by atoms with Crippen LogP contribution in [-0.2, 0) is 14.8 Å². The van der Waals surface area contributed by atoms with Crippen LogP contribution in [0.1, 0.15) is 12.0 Å². The first-order valence-electron chi connectivity index (χ1n) is 4.91. The van der Waals surface area contributed by atoms with Crippen LogP contribution < -0.4 is 4.72 Å². The van der Waals surface area contributed by atoms with Crippen LogP contribution in [0.2, 0.25) is 0 Å². The summed E-state index contributed by atoms with van der Waals surface area (Å²) < 4.78 is 39.0. The third kappa shape index (κ3) is 3.76. The van der Waals surface area contributed by atoms with Crippen molar-refractivity contribution >= 4 is 31.9 Å². The Balaban J connectivity index is 2.98. The number of carboxylic acid groups (broad SMARTS) is 1. The molecule has 2 N–H and O–H groups in total. The van der Waals surface area contributed by atoms with Gasteiger partial charge in [0, 0.05) is 6.54 Å². The molecule has 18 heavy (non-hydrogen) atoms. The molecular formula is C10H11BrFNO4S. The molecule has 0 heterocycles. The topological polar surface area (TPSA) is 83.5 Å². The molecule has 5 nitrogen and oxygen atoms in total. The van der Waals surface area contributed by atoms with Crippen molar-refractivity contribution in [3.8, 4) is 0 Å². The highest BCUT2D eigenvalue weighted by Gasteiger charge is 2.18. The number of sulfonamides is 1. The Kier molecular flexibility index (Phi) is 4.83. The molecule has 0 unspecified atom stereocenters. The second kappa shape index (κ2) is 5.77. The van der Waals surface area contributed by atoms with Crippen LogP contribution in [0.15, 0.2) is 21.5 Å². The molecule has 0 aromatic heterocycles. The Bertz CT molecular complexity index is 573. The van der Waals surface area contributed by atoms with Crippen molar-refractivity contribution in [1.29, 1.82) is 0 Å². The zero-order chi connectivity index (χ0) is 13.9. The van der Waals surface area contributed by atoms with Crippen molar-refractivity contribution in [2.24, 2.45) is 0 Å². The largest absolute Gasteiger partial charge is 0.481 e. The van der Waals surface area contributed by atoms with E-state index in [1.807, 2.05) is 0 Å². The third-order valence-corrected chi connectivity index (χ3v) is 4.35. The molecule has 0 aliphatic carbocycles. The number of carboxylic acids is 1. The van der Waals surface area contributed by atoms with Crippen molar-refractivity contribution in [2.75, 3.05) is 6.54 Å². The van der Waals surface area contributed by atoms with Crippen LogP contribution in [0.25, 0.3) is 0 Å². The SMILES string of the molecule is Cc1cc(F)c(Br)cc1S(=O)(=O)NCCC(=O)O. The van der Waals surface area contributed by atoms with Crippen molar-refractivity contribution in [3.63, 3.8) is 0 Å². The molecule has 0 bridgehead atoms. The number of halogens is 2. The van der Waals surface area contributed by atoms with E-state index in [1.165, 1.54) is 6.92 Å². The van der Waals surface area contributed by atoms with Gasteiger partial charge in [-0.05, 0) is 40.5 Å². The van der Waals surface area contributed by atoms with Gasteiger partial charge in [-0.3, -0.25) is 4.79 Å². The second-order valence-electron chi connectivity index (χ2n) is 3.57. The minimum atomic E-state index is -3.84. The summed E-state index contributed by atoms with van der Waals surface area (Å²) in [5.74, 6) is -1.66. The molecule has 0 radical (unpaired) electrons. The van der Waals surface area contributed by atoms with Crippen LogP contribution in [0, 0.1) is 12.7 Å². The predicted octanol–water partition coefficient (Wildman–Crippen LogP) is 1.65. The summed E-state index contributed by atoms with van der Waals surface area (Å²) in [7, 11) is -3.84. The standard InChI is InChI=1S/C10H11BrFNO4S/c1-6-4-8(12)7(11)5-9(6)18(16,17)13-3-2-10(14)15/h4-5,13H,2-3H2,1H3,(H,14,15). The smallest absolute Gasteiger partial charge is 0.304 e. The highest BCUT2D eigenvalue weighted by Crippen LogP contribution is 2.23. The van der Waals surface area contributed by atoms with E-state index in [1.54, 1.807) is 0 Å². The number of aliphatic carboxylic acids is 1. The van der Waals surface area contributed by atoms with E-state index in [0.29, 0.717) is 0 Å². The minimum absolute atomic E-state index is 0.0340. The first-order chi connectivity index (χ1) is 8.24.